The number of ketones is 1. The minimum Gasteiger partial charge on any atom is -0.459 e. The molecule has 1 aliphatic heterocycles. The summed E-state index contributed by atoms with van der Waals surface area (Å²) >= 11 is 5.83. The van der Waals surface area contributed by atoms with Crippen molar-refractivity contribution in [2.75, 3.05) is 11.4 Å². The fraction of sp³-hybridized carbons (Fsp3) is 0.333. The summed E-state index contributed by atoms with van der Waals surface area (Å²) in [6, 6.07) is 12.7. The Morgan fingerprint density at radius 2 is 1.53 bits per heavy atom. The number of carbonyl (C=O) groups is 4. The number of Topliss-reactive ketones (excluding diaryl/α,β-unsaturated/α-hetero) is 1. The molecule has 0 N–H and O–H groups in total. The highest BCUT2D eigenvalue weighted by Crippen LogP contribution is 2.27. The van der Waals surface area contributed by atoms with Crippen LogP contribution in [0.5, 0.6) is 0 Å². The SMILES string of the molecule is CC(C)OC(=O)c1ccc(N2C[C@H](C(=O)O[C@@H](C)C(=O)c3ccc(Cl)cc3)CC2=O)cc1. The van der Waals surface area contributed by atoms with Crippen LogP contribution in [0.1, 0.15) is 47.9 Å². The van der Waals surface area contributed by atoms with Crippen LogP contribution in [0.2, 0.25) is 5.02 Å². The Balaban J connectivity index is 1.61. The minimum atomic E-state index is -0.987. The Kier molecular flexibility index (Phi) is 7.30. The van der Waals surface area contributed by atoms with Gasteiger partial charge in [0.1, 0.15) is 0 Å². The second-order valence-electron chi connectivity index (χ2n) is 7.86. The minimum absolute atomic E-state index is 0.0160. The highest BCUT2D eigenvalue weighted by atomic mass is 35.5. The molecule has 0 radical (unpaired) electrons. The average molecular weight is 458 g/mol. The van der Waals surface area contributed by atoms with Gasteiger partial charge in [-0.1, -0.05) is 11.6 Å². The van der Waals surface area contributed by atoms with Crippen LogP contribution in [0.4, 0.5) is 5.69 Å². The van der Waals surface area contributed by atoms with Crippen LogP contribution >= 0.6 is 11.6 Å². The molecule has 0 spiro atoms. The first-order valence-electron chi connectivity index (χ1n) is 10.3. The fourth-order valence-electron chi connectivity index (χ4n) is 3.35. The molecule has 1 heterocycles. The van der Waals surface area contributed by atoms with Crippen molar-refractivity contribution in [1.82, 2.24) is 0 Å². The van der Waals surface area contributed by atoms with Crippen molar-refractivity contribution in [3.05, 3.63) is 64.7 Å². The molecule has 1 saturated heterocycles. The third kappa shape index (κ3) is 5.53. The van der Waals surface area contributed by atoms with Gasteiger partial charge in [0.05, 0.1) is 17.6 Å². The number of hydrogen-bond acceptors (Lipinski definition) is 6. The van der Waals surface area contributed by atoms with Gasteiger partial charge in [-0.2, -0.15) is 0 Å². The summed E-state index contributed by atoms with van der Waals surface area (Å²) in [5.74, 6) is -2.32. The van der Waals surface area contributed by atoms with Gasteiger partial charge in [-0.3, -0.25) is 14.4 Å². The Bertz CT molecular complexity index is 1020. The number of anilines is 1. The lowest BCUT2D eigenvalue weighted by Crippen LogP contribution is -2.30. The molecule has 7 nitrogen and oxygen atoms in total. The van der Waals surface area contributed by atoms with Crippen LogP contribution in [-0.2, 0) is 19.1 Å². The van der Waals surface area contributed by atoms with Crippen LogP contribution in [-0.4, -0.2) is 42.4 Å². The summed E-state index contributed by atoms with van der Waals surface area (Å²) in [5, 5.41) is 0.501. The van der Waals surface area contributed by atoms with Gasteiger partial charge in [0.15, 0.2) is 6.10 Å². The standard InChI is InChI=1S/C24H24ClNO6/c1-14(2)31-23(29)17-6-10-20(11-7-17)26-13-18(12-21(26)27)24(30)32-15(3)22(28)16-4-8-19(25)9-5-16/h4-11,14-15,18H,12-13H2,1-3H3/t15-,18+/m0/s1. The zero-order chi connectivity index (χ0) is 23.4. The number of carbonyl (C=O) groups excluding carboxylic acids is 4. The Labute approximate surface area is 191 Å². The predicted octanol–water partition coefficient (Wildman–Crippen LogP) is 4.07. The number of ether oxygens (including phenoxy) is 2. The smallest absolute Gasteiger partial charge is 0.338 e. The maximum absolute atomic E-state index is 12.6. The van der Waals surface area contributed by atoms with Crippen LogP contribution in [0.3, 0.4) is 0 Å². The zero-order valence-corrected chi connectivity index (χ0v) is 18.8. The maximum atomic E-state index is 12.6. The molecule has 0 aliphatic carbocycles. The van der Waals surface area contributed by atoms with Crippen molar-refractivity contribution in [1.29, 1.82) is 0 Å². The molecule has 3 rings (SSSR count). The van der Waals surface area contributed by atoms with Gasteiger partial charge in [-0.25, -0.2) is 4.79 Å². The van der Waals surface area contributed by atoms with Gasteiger partial charge in [-0.05, 0) is 69.3 Å². The molecule has 1 amide bonds. The lowest BCUT2D eigenvalue weighted by molar-refractivity contribution is -0.151. The molecule has 2 atom stereocenters. The summed E-state index contributed by atoms with van der Waals surface area (Å²) in [6.07, 6.45) is -1.24. The molecule has 8 heteroatoms. The summed E-state index contributed by atoms with van der Waals surface area (Å²) in [4.78, 5) is 51.0. The van der Waals surface area contributed by atoms with E-state index in [2.05, 4.69) is 0 Å². The third-order valence-electron chi connectivity index (χ3n) is 5.01. The highest BCUT2D eigenvalue weighted by molar-refractivity contribution is 6.30. The van der Waals surface area contributed by atoms with E-state index in [1.807, 2.05) is 0 Å². The quantitative estimate of drug-likeness (QED) is 0.460. The zero-order valence-electron chi connectivity index (χ0n) is 18.0. The number of rotatable bonds is 7. The molecule has 0 saturated carbocycles. The van der Waals surface area contributed by atoms with Gasteiger partial charge in [0.2, 0.25) is 11.7 Å². The number of nitrogens with zero attached hydrogens (tertiary/aromatic N) is 1. The van der Waals surface area contributed by atoms with E-state index in [1.165, 1.54) is 11.8 Å². The lowest BCUT2D eigenvalue weighted by atomic mass is 10.1. The van der Waals surface area contributed by atoms with Crippen molar-refractivity contribution < 1.29 is 28.7 Å². The molecule has 0 aromatic heterocycles. The van der Waals surface area contributed by atoms with E-state index < -0.39 is 24.0 Å². The molecule has 2 aromatic rings. The monoisotopic (exact) mass is 457 g/mol. The number of amides is 1. The van der Waals surface area contributed by atoms with Crippen LogP contribution in [0, 0.1) is 5.92 Å². The van der Waals surface area contributed by atoms with E-state index >= 15 is 0 Å². The van der Waals surface area contributed by atoms with Gasteiger partial charge in [0, 0.05) is 29.2 Å². The Morgan fingerprint density at radius 3 is 2.12 bits per heavy atom. The molecule has 1 aliphatic rings. The number of benzene rings is 2. The average Bonchev–Trinajstić information content (AvgIpc) is 3.15. The van der Waals surface area contributed by atoms with E-state index in [-0.39, 0.29) is 30.8 Å². The van der Waals surface area contributed by atoms with Gasteiger partial charge in [-0.15, -0.1) is 0 Å². The van der Waals surface area contributed by atoms with E-state index in [4.69, 9.17) is 21.1 Å². The van der Waals surface area contributed by atoms with E-state index in [1.54, 1.807) is 62.4 Å². The number of halogens is 1. The van der Waals surface area contributed by atoms with Crippen molar-refractivity contribution in [3.63, 3.8) is 0 Å². The first-order chi connectivity index (χ1) is 15.2. The van der Waals surface area contributed by atoms with Gasteiger partial charge < -0.3 is 14.4 Å². The molecule has 32 heavy (non-hydrogen) atoms. The first kappa shape index (κ1) is 23.5. The normalized spacial score (nSPS) is 16.7. The topological polar surface area (TPSA) is 90.0 Å². The summed E-state index contributed by atoms with van der Waals surface area (Å²) in [5.41, 5.74) is 1.33. The van der Waals surface area contributed by atoms with Crippen LogP contribution in [0.15, 0.2) is 48.5 Å². The Morgan fingerprint density at radius 1 is 0.938 bits per heavy atom. The Hall–Kier alpha value is -3.19. The summed E-state index contributed by atoms with van der Waals surface area (Å²) in [7, 11) is 0. The molecule has 0 bridgehead atoms. The highest BCUT2D eigenvalue weighted by Gasteiger charge is 2.37. The van der Waals surface area contributed by atoms with E-state index in [0.717, 1.165) is 0 Å². The second-order valence-corrected chi connectivity index (χ2v) is 8.29. The maximum Gasteiger partial charge on any atom is 0.338 e. The largest absolute Gasteiger partial charge is 0.459 e. The van der Waals surface area contributed by atoms with Crippen molar-refractivity contribution in [2.45, 2.75) is 39.4 Å². The van der Waals surface area contributed by atoms with Crippen molar-refractivity contribution in [3.8, 4) is 0 Å². The van der Waals surface area contributed by atoms with Crippen LogP contribution in [0.25, 0.3) is 0 Å². The van der Waals surface area contributed by atoms with E-state index in [9.17, 15) is 19.2 Å². The van der Waals surface area contributed by atoms with Crippen molar-refractivity contribution in [2.24, 2.45) is 5.92 Å². The van der Waals surface area contributed by atoms with Gasteiger partial charge >= 0.3 is 11.9 Å². The first-order valence-corrected chi connectivity index (χ1v) is 10.6. The molecule has 168 valence electrons. The predicted molar refractivity (Wildman–Crippen MR) is 119 cm³/mol. The second kappa shape index (κ2) is 9.96. The fourth-order valence-corrected chi connectivity index (χ4v) is 3.47. The van der Waals surface area contributed by atoms with Crippen LogP contribution < -0.4 is 4.90 Å². The lowest BCUT2D eigenvalue weighted by Gasteiger charge is -2.18. The third-order valence-corrected chi connectivity index (χ3v) is 5.26. The molecular formula is C24H24ClNO6. The van der Waals surface area contributed by atoms with Crippen molar-refractivity contribution >= 4 is 40.9 Å². The molecule has 0 unspecified atom stereocenters. The number of esters is 2. The van der Waals surface area contributed by atoms with Gasteiger partial charge in [0.25, 0.3) is 0 Å². The molecular weight excluding hydrogens is 434 g/mol. The molecule has 1 fully saturated rings. The van der Waals surface area contributed by atoms with E-state index in [0.29, 0.717) is 21.8 Å². The molecule has 2 aromatic carbocycles. The number of hydrogen-bond donors (Lipinski definition) is 0. The summed E-state index contributed by atoms with van der Waals surface area (Å²) in [6.45, 7) is 5.16. The summed E-state index contributed by atoms with van der Waals surface area (Å²) < 4.78 is 10.5.